The van der Waals surface area contributed by atoms with Crippen molar-refractivity contribution < 1.29 is 26.7 Å². The zero-order valence-corrected chi connectivity index (χ0v) is 13.9. The number of benzene rings is 2. The second kappa shape index (κ2) is 7.63. The molecule has 0 spiro atoms. The lowest BCUT2D eigenvalue weighted by atomic mass is 10.1. The molecule has 0 bridgehead atoms. The van der Waals surface area contributed by atoms with E-state index in [2.05, 4.69) is 10.2 Å². The minimum absolute atomic E-state index is 0.177. The Morgan fingerprint density at radius 2 is 1.85 bits per heavy atom. The van der Waals surface area contributed by atoms with Gasteiger partial charge in [-0.2, -0.15) is 13.2 Å². The van der Waals surface area contributed by atoms with E-state index < -0.39 is 37.2 Å². The highest BCUT2D eigenvalue weighted by Crippen LogP contribution is 2.31. The van der Waals surface area contributed by atoms with Crippen molar-refractivity contribution in [3.05, 3.63) is 71.3 Å². The van der Waals surface area contributed by atoms with Crippen molar-refractivity contribution in [2.45, 2.75) is 18.9 Å². The van der Waals surface area contributed by atoms with E-state index >= 15 is 0 Å². The number of alkyl halides is 3. The molecular weight excluding hydrogens is 369 g/mol. The lowest BCUT2D eigenvalue weighted by Gasteiger charge is -2.24. The summed E-state index contributed by atoms with van der Waals surface area (Å²) >= 11 is 0. The van der Waals surface area contributed by atoms with Crippen LogP contribution in [0.5, 0.6) is 0 Å². The molecule has 3 rings (SSSR count). The summed E-state index contributed by atoms with van der Waals surface area (Å²) in [6.45, 7) is -1.86. The molecular formula is C18H16F5N3O. The topological polar surface area (TPSA) is 50.5 Å². The Hall–Kier alpha value is -2.49. The normalized spacial score (nSPS) is 17.3. The standard InChI is InChI=1S/C18H16F5N3O/c19-13-6-11(9-27-10-18(21,22)23)5-12(7-13)16-8-17(24)25-26(16)15-4-2-1-3-14(15)20/h1-8,17,25H,9-10,24H2. The van der Waals surface area contributed by atoms with E-state index in [1.165, 1.54) is 35.3 Å². The number of halogens is 5. The first-order valence-electron chi connectivity index (χ1n) is 7.95. The smallest absolute Gasteiger partial charge is 0.367 e. The second-order valence-electron chi connectivity index (χ2n) is 5.95. The fourth-order valence-corrected chi connectivity index (χ4v) is 2.72. The number of hydrogen-bond donors (Lipinski definition) is 2. The van der Waals surface area contributed by atoms with Gasteiger partial charge in [0.1, 0.15) is 18.2 Å². The van der Waals surface area contributed by atoms with Crippen molar-refractivity contribution in [1.29, 1.82) is 0 Å². The fourth-order valence-electron chi connectivity index (χ4n) is 2.72. The summed E-state index contributed by atoms with van der Waals surface area (Å²) in [5, 5.41) is 1.37. The number of para-hydroxylation sites is 1. The van der Waals surface area contributed by atoms with E-state index in [9.17, 15) is 22.0 Å². The summed E-state index contributed by atoms with van der Waals surface area (Å²) in [7, 11) is 0. The number of nitrogens with zero attached hydrogens (tertiary/aromatic N) is 1. The first-order chi connectivity index (χ1) is 12.7. The van der Waals surface area contributed by atoms with Gasteiger partial charge in [0.2, 0.25) is 0 Å². The third-order valence-corrected chi connectivity index (χ3v) is 3.74. The SMILES string of the molecule is NC1C=C(c2cc(F)cc(COCC(F)(F)F)c2)N(c2ccccc2F)N1. The predicted molar refractivity (Wildman–Crippen MR) is 90.1 cm³/mol. The molecule has 2 aromatic rings. The molecule has 0 saturated carbocycles. The first-order valence-corrected chi connectivity index (χ1v) is 7.95. The average Bonchev–Trinajstić information content (AvgIpc) is 2.95. The van der Waals surface area contributed by atoms with Crippen molar-refractivity contribution >= 4 is 11.4 Å². The van der Waals surface area contributed by atoms with Crippen LogP contribution in [0.3, 0.4) is 0 Å². The van der Waals surface area contributed by atoms with Crippen LogP contribution in [0.4, 0.5) is 27.6 Å². The van der Waals surface area contributed by atoms with Crippen molar-refractivity contribution in [2.75, 3.05) is 11.6 Å². The molecule has 144 valence electrons. The third-order valence-electron chi connectivity index (χ3n) is 3.74. The summed E-state index contributed by atoms with van der Waals surface area (Å²) in [4.78, 5) is 0. The molecule has 1 aliphatic rings. The third kappa shape index (κ3) is 4.82. The molecule has 0 radical (unpaired) electrons. The van der Waals surface area contributed by atoms with Gasteiger partial charge >= 0.3 is 6.18 Å². The molecule has 0 saturated heterocycles. The van der Waals surface area contributed by atoms with E-state index in [0.29, 0.717) is 11.3 Å². The van der Waals surface area contributed by atoms with Gasteiger partial charge in [-0.05, 0) is 42.0 Å². The maximum absolute atomic E-state index is 14.1. The number of rotatable bonds is 5. The Balaban J connectivity index is 1.88. The van der Waals surface area contributed by atoms with Crippen LogP contribution in [0.25, 0.3) is 5.70 Å². The summed E-state index contributed by atoms with van der Waals surface area (Å²) in [6.07, 6.45) is -3.56. The van der Waals surface area contributed by atoms with Gasteiger partial charge in [-0.3, -0.25) is 5.01 Å². The minimum Gasteiger partial charge on any atom is -0.367 e. The van der Waals surface area contributed by atoms with Gasteiger partial charge in [0.25, 0.3) is 0 Å². The largest absolute Gasteiger partial charge is 0.411 e. The molecule has 1 atom stereocenters. The number of ether oxygens (including phenoxy) is 1. The van der Waals surface area contributed by atoms with Gasteiger partial charge in [-0.15, -0.1) is 0 Å². The van der Waals surface area contributed by atoms with Crippen molar-refractivity contribution in [3.8, 4) is 0 Å². The molecule has 0 amide bonds. The van der Waals surface area contributed by atoms with Gasteiger partial charge < -0.3 is 10.5 Å². The number of hydrazine groups is 1. The van der Waals surface area contributed by atoms with E-state index in [4.69, 9.17) is 5.73 Å². The molecule has 27 heavy (non-hydrogen) atoms. The van der Waals surface area contributed by atoms with Gasteiger partial charge in [0.05, 0.1) is 24.2 Å². The molecule has 9 heteroatoms. The molecule has 1 heterocycles. The van der Waals surface area contributed by atoms with E-state index in [1.54, 1.807) is 12.1 Å². The maximum Gasteiger partial charge on any atom is 0.411 e. The lowest BCUT2D eigenvalue weighted by Crippen LogP contribution is -2.41. The molecule has 1 unspecified atom stereocenters. The highest BCUT2D eigenvalue weighted by molar-refractivity contribution is 5.81. The Morgan fingerprint density at radius 1 is 1.11 bits per heavy atom. The molecule has 0 fully saturated rings. The summed E-state index contributed by atoms with van der Waals surface area (Å²) in [6, 6.07) is 9.67. The Bertz CT molecular complexity index is 853. The van der Waals surface area contributed by atoms with Crippen LogP contribution in [0.2, 0.25) is 0 Å². The quantitative estimate of drug-likeness (QED) is 0.771. The van der Waals surface area contributed by atoms with E-state index in [0.717, 1.165) is 6.07 Å². The summed E-state index contributed by atoms with van der Waals surface area (Å²) in [5.74, 6) is -1.18. The fraction of sp³-hybridized carbons (Fsp3) is 0.222. The van der Waals surface area contributed by atoms with Gasteiger partial charge in [-0.25, -0.2) is 14.2 Å². The van der Waals surface area contributed by atoms with Crippen LogP contribution >= 0.6 is 0 Å². The first kappa shape index (κ1) is 19.3. The van der Waals surface area contributed by atoms with Crippen molar-refractivity contribution in [2.24, 2.45) is 5.73 Å². The Kier molecular flexibility index (Phi) is 5.45. The Morgan fingerprint density at radius 3 is 2.56 bits per heavy atom. The van der Waals surface area contributed by atoms with Crippen molar-refractivity contribution in [3.63, 3.8) is 0 Å². The molecule has 2 aromatic carbocycles. The van der Waals surface area contributed by atoms with Crippen LogP contribution in [0.1, 0.15) is 11.1 Å². The maximum atomic E-state index is 14.1. The monoisotopic (exact) mass is 385 g/mol. The summed E-state index contributed by atoms with van der Waals surface area (Å²) < 4.78 is 69.4. The average molecular weight is 385 g/mol. The van der Waals surface area contributed by atoms with Gasteiger partial charge in [0.15, 0.2) is 0 Å². The minimum atomic E-state index is -4.47. The van der Waals surface area contributed by atoms with E-state index in [1.807, 2.05) is 0 Å². The molecule has 1 aliphatic heterocycles. The zero-order valence-electron chi connectivity index (χ0n) is 13.9. The number of nitrogens with two attached hydrogens (primary N) is 1. The summed E-state index contributed by atoms with van der Waals surface area (Å²) in [5.41, 5.74) is 9.78. The molecule has 0 aromatic heterocycles. The molecule has 3 N–H and O–H groups in total. The van der Waals surface area contributed by atoms with Crippen molar-refractivity contribution in [1.82, 2.24) is 5.43 Å². The van der Waals surface area contributed by atoms with Crippen LogP contribution in [0, 0.1) is 11.6 Å². The van der Waals surface area contributed by atoms with Gasteiger partial charge in [0, 0.05) is 5.56 Å². The van der Waals surface area contributed by atoms with Crippen LogP contribution in [0.15, 0.2) is 48.5 Å². The Labute approximate surface area is 152 Å². The van der Waals surface area contributed by atoms with Crippen LogP contribution < -0.4 is 16.2 Å². The lowest BCUT2D eigenvalue weighted by molar-refractivity contribution is -0.176. The van der Waals surface area contributed by atoms with Crippen LogP contribution in [-0.2, 0) is 11.3 Å². The number of anilines is 1. The number of nitrogens with one attached hydrogen (secondary N) is 1. The zero-order chi connectivity index (χ0) is 19.6. The molecule has 4 nitrogen and oxygen atoms in total. The highest BCUT2D eigenvalue weighted by atomic mass is 19.4. The van der Waals surface area contributed by atoms with Crippen LogP contribution in [-0.4, -0.2) is 18.9 Å². The predicted octanol–water partition coefficient (Wildman–Crippen LogP) is 3.69. The van der Waals surface area contributed by atoms with E-state index in [-0.39, 0.29) is 11.3 Å². The second-order valence-corrected chi connectivity index (χ2v) is 5.95. The molecule has 0 aliphatic carbocycles. The highest BCUT2D eigenvalue weighted by Gasteiger charge is 2.28. The number of hydrogen-bond acceptors (Lipinski definition) is 4. The van der Waals surface area contributed by atoms with Gasteiger partial charge in [-0.1, -0.05) is 12.1 Å².